The summed E-state index contributed by atoms with van der Waals surface area (Å²) in [5, 5.41) is 88.5. The number of quaternary nitrogens is 1. The van der Waals surface area contributed by atoms with Crippen LogP contribution in [0.1, 0.15) is 25.7 Å². The second kappa shape index (κ2) is 22.3. The Morgan fingerprint density at radius 3 is 2.62 bits per heavy atom. The zero-order valence-electron chi connectivity index (χ0n) is 33.2. The largest absolute Gasteiger partial charge is 0.477 e. The molecule has 2 fully saturated rings. The molecule has 0 spiro atoms. The van der Waals surface area contributed by atoms with Gasteiger partial charge >= 0.3 is 11.9 Å². The molecular formula is C38H58N5O15S2+. The van der Waals surface area contributed by atoms with Gasteiger partial charge in [-0.1, -0.05) is 39.8 Å². The first kappa shape index (κ1) is 48.0. The van der Waals surface area contributed by atoms with Crippen LogP contribution in [0.4, 0.5) is 0 Å². The number of guanidine groups is 1. The first-order valence-electron chi connectivity index (χ1n) is 19.7. The maximum atomic E-state index is 14.2. The van der Waals surface area contributed by atoms with Gasteiger partial charge in [0.15, 0.2) is 18.4 Å². The van der Waals surface area contributed by atoms with Gasteiger partial charge in [-0.15, -0.1) is 6.58 Å². The van der Waals surface area contributed by atoms with Crippen LogP contribution in [0.3, 0.4) is 0 Å². The highest BCUT2D eigenvalue weighted by molar-refractivity contribution is 8.76. The highest BCUT2D eigenvalue weighted by atomic mass is 33.1. The fourth-order valence-corrected chi connectivity index (χ4v) is 10.5. The van der Waals surface area contributed by atoms with E-state index in [0.29, 0.717) is 34.8 Å². The van der Waals surface area contributed by atoms with Crippen LogP contribution in [-0.4, -0.2) is 172 Å². The van der Waals surface area contributed by atoms with Crippen molar-refractivity contribution in [3.05, 3.63) is 59.7 Å². The molecule has 336 valence electrons. The lowest BCUT2D eigenvalue weighted by molar-refractivity contribution is -0.867. The molecule has 12 atom stereocenters. The minimum absolute atomic E-state index is 0.0543. The number of carboxylic acid groups (broad SMARTS) is 1. The molecule has 0 radical (unpaired) electrons. The number of ether oxygens (including phenoxy) is 5. The smallest absolute Gasteiger partial charge is 0.343 e. The van der Waals surface area contributed by atoms with Crippen LogP contribution in [0.25, 0.3) is 0 Å². The van der Waals surface area contributed by atoms with Crippen LogP contribution in [0.2, 0.25) is 0 Å². The number of likely N-dealkylation sites (N-methyl/N-ethyl adjacent to an activating group) is 1. The number of carbonyl (C=O) groups excluding carboxylic acids is 1. The fraction of sp³-hybridized carbons (Fsp3) is 0.658. The Kier molecular flexibility index (Phi) is 17.9. The summed E-state index contributed by atoms with van der Waals surface area (Å²) in [7, 11) is 4.58. The molecule has 4 aliphatic heterocycles. The number of hydrogen-bond acceptors (Lipinski definition) is 18. The third-order valence-electron chi connectivity index (χ3n) is 11.1. The topological polar surface area (TPSA) is 309 Å². The van der Waals surface area contributed by atoms with Crippen molar-refractivity contribution in [2.45, 2.75) is 80.7 Å². The summed E-state index contributed by atoms with van der Waals surface area (Å²) >= 11 is 0. The van der Waals surface area contributed by atoms with Crippen LogP contribution in [0.15, 0.2) is 64.7 Å². The molecule has 20 nitrogen and oxygen atoms in total. The summed E-state index contributed by atoms with van der Waals surface area (Å²) in [4.78, 5) is 31.9. The molecule has 0 aromatic rings. The molecule has 0 amide bonds. The molecular weight excluding hydrogens is 831 g/mol. The van der Waals surface area contributed by atoms with Crippen molar-refractivity contribution < 1.29 is 79.0 Å². The molecule has 2 bridgehead atoms. The van der Waals surface area contributed by atoms with Crippen LogP contribution < -0.4 is 21.3 Å². The molecule has 5 rings (SSSR count). The molecule has 1 saturated heterocycles. The van der Waals surface area contributed by atoms with Crippen molar-refractivity contribution in [1.29, 1.82) is 0 Å². The number of aliphatic hydroxyl groups is 7. The second-order valence-electron chi connectivity index (χ2n) is 14.9. The normalized spacial score (nSPS) is 34.3. The fourth-order valence-electron chi connectivity index (χ4n) is 7.63. The minimum Gasteiger partial charge on any atom is -0.477 e. The average Bonchev–Trinajstić information content (AvgIpc) is 3.67. The number of nitrogens with one attached hydrogen (secondary N) is 3. The summed E-state index contributed by atoms with van der Waals surface area (Å²) in [5.41, 5.74) is 6.64. The first-order chi connectivity index (χ1) is 28.8. The lowest BCUT2D eigenvalue weighted by Gasteiger charge is -2.48. The summed E-state index contributed by atoms with van der Waals surface area (Å²) < 4.78 is 29.8. The quantitative estimate of drug-likeness (QED) is 0.0155. The number of fused-ring (bicyclic) bond motifs is 4. The second-order valence-corrected chi connectivity index (χ2v) is 17.5. The predicted molar refractivity (Wildman–Crippen MR) is 217 cm³/mol. The zero-order valence-corrected chi connectivity index (χ0v) is 34.8. The van der Waals surface area contributed by atoms with Gasteiger partial charge in [0.1, 0.15) is 48.9 Å². The molecule has 12 unspecified atom stereocenters. The Hall–Kier alpha value is -3.07. The third kappa shape index (κ3) is 11.3. The van der Waals surface area contributed by atoms with E-state index in [4.69, 9.17) is 29.4 Å². The van der Waals surface area contributed by atoms with E-state index in [1.54, 1.807) is 33.7 Å². The van der Waals surface area contributed by atoms with E-state index in [2.05, 4.69) is 22.2 Å². The molecule has 60 heavy (non-hydrogen) atoms. The highest BCUT2D eigenvalue weighted by Crippen LogP contribution is 2.40. The zero-order chi connectivity index (χ0) is 43.6. The lowest BCUT2D eigenvalue weighted by Crippen LogP contribution is -3.13. The number of esters is 1. The van der Waals surface area contributed by atoms with Crippen molar-refractivity contribution in [2.24, 2.45) is 28.5 Å². The number of allylic oxidation sites excluding steroid dienone is 1. The lowest BCUT2D eigenvalue weighted by atomic mass is 9.83. The predicted octanol–water partition coefficient (Wildman–Crippen LogP) is -3.22. The van der Waals surface area contributed by atoms with Crippen LogP contribution >= 0.6 is 21.6 Å². The van der Waals surface area contributed by atoms with Crippen molar-refractivity contribution in [2.75, 3.05) is 58.1 Å². The van der Waals surface area contributed by atoms with E-state index in [1.165, 1.54) is 19.3 Å². The third-order valence-corrected chi connectivity index (χ3v) is 13.6. The maximum absolute atomic E-state index is 14.2. The molecule has 1 aliphatic carbocycles. The van der Waals surface area contributed by atoms with Gasteiger partial charge in [0.05, 0.1) is 49.0 Å². The van der Waals surface area contributed by atoms with E-state index in [1.807, 2.05) is 0 Å². The number of aliphatic carboxylic acids is 1. The molecule has 0 aromatic heterocycles. The van der Waals surface area contributed by atoms with Crippen molar-refractivity contribution in [3.63, 3.8) is 0 Å². The first-order valence-corrected chi connectivity index (χ1v) is 22.2. The Balaban J connectivity index is 1.60. The van der Waals surface area contributed by atoms with Gasteiger partial charge in [-0.3, -0.25) is 15.2 Å². The van der Waals surface area contributed by atoms with Gasteiger partial charge in [-0.25, -0.2) is 9.59 Å². The Morgan fingerprint density at radius 1 is 1.18 bits per heavy atom. The molecule has 13 N–H and O–H groups in total. The summed E-state index contributed by atoms with van der Waals surface area (Å²) in [6.07, 6.45) is -0.226. The summed E-state index contributed by atoms with van der Waals surface area (Å²) in [6, 6.07) is -0.412. The Labute approximate surface area is 355 Å². The minimum atomic E-state index is -3.07. The van der Waals surface area contributed by atoms with Gasteiger partial charge in [0, 0.05) is 36.3 Å². The number of carbonyl (C=O) groups is 2. The standard InChI is InChI=1S/C38H57N5O15S2/c1-3-23-24-9-8-20-12-43(13-25(33(49)50)30(20)42-37(39)41-10-5-11-44)22(14-45)19-60-59-18-21-6-4-7-27(21)55-34(51)26(24)17-54-35(23)58-36-32(57-29(16-47)40-2)38(52,53)31(48)28(15-46)56-36/h3,8-9,13,17,21-24,27-29,31-32,35-36,40,44-48,52-53H,1,4-7,10-12,14-16,18-19H2,2H3,(H,49,50)(H3,39,41,42)/p+1. The van der Waals surface area contributed by atoms with E-state index in [0.717, 1.165) is 19.1 Å². The van der Waals surface area contributed by atoms with Gasteiger partial charge in [0.25, 0.3) is 0 Å². The van der Waals surface area contributed by atoms with Crippen LogP contribution in [-0.2, 0) is 33.3 Å². The number of hydrogen-bond donors (Lipinski definition) is 12. The average molecular weight is 889 g/mol. The van der Waals surface area contributed by atoms with E-state index in [9.17, 15) is 50.4 Å². The maximum Gasteiger partial charge on any atom is 0.343 e. The highest BCUT2D eigenvalue weighted by Gasteiger charge is 2.58. The molecule has 0 aromatic carbocycles. The SMILES string of the molecule is C=CC1C(OC2OC(CO)C(O)C(O)(O)C2OC(CO)NC)OC=C2C(=O)OC3CCCC3CSSCC(CO)[NH+]3C=C(C(=O)O)C(NC(N)=NCCCO)=C(C=CC21)C3. The number of aliphatic imine (C=N–C) groups is 1. The van der Waals surface area contributed by atoms with E-state index >= 15 is 0 Å². The van der Waals surface area contributed by atoms with Crippen molar-refractivity contribution in [1.82, 2.24) is 10.6 Å². The molecule has 22 heteroatoms. The number of nitrogens with zero attached hydrogens (tertiary/aromatic N) is 1. The number of nitrogens with two attached hydrogens (primary N) is 1. The van der Waals surface area contributed by atoms with Gasteiger partial charge in [-0.05, 0) is 32.7 Å². The van der Waals surface area contributed by atoms with Crippen molar-refractivity contribution in [3.8, 4) is 0 Å². The molecule has 4 heterocycles. The summed E-state index contributed by atoms with van der Waals surface area (Å²) in [6.45, 7) is 2.46. The number of rotatable bonds is 14. The van der Waals surface area contributed by atoms with Gasteiger partial charge < -0.3 is 75.6 Å². The number of aliphatic hydroxyl groups excluding tert-OH is 5. The Bertz CT molecular complexity index is 1660. The van der Waals surface area contributed by atoms with Gasteiger partial charge in [-0.2, -0.15) is 0 Å². The monoisotopic (exact) mass is 888 g/mol. The molecule has 5 aliphatic rings. The van der Waals surface area contributed by atoms with E-state index < -0.39 is 85.9 Å². The Morgan fingerprint density at radius 2 is 1.95 bits per heavy atom. The van der Waals surface area contributed by atoms with E-state index in [-0.39, 0.29) is 61.1 Å². The summed E-state index contributed by atoms with van der Waals surface area (Å²) in [5.74, 6) is -5.86. The number of carboxylic acids is 1. The van der Waals surface area contributed by atoms with Crippen molar-refractivity contribution >= 4 is 39.5 Å². The molecule has 1 saturated carbocycles. The van der Waals surface area contributed by atoms with Gasteiger partial charge in [0.2, 0.25) is 12.1 Å². The van der Waals surface area contributed by atoms with Crippen LogP contribution in [0, 0.1) is 17.8 Å². The van der Waals surface area contributed by atoms with Crippen LogP contribution in [0.5, 0.6) is 0 Å².